The Kier molecular flexibility index (Phi) is 9.47. The molecule has 0 aliphatic heterocycles. The van der Waals surface area contributed by atoms with Crippen molar-refractivity contribution in [3.8, 4) is 0 Å². The van der Waals surface area contributed by atoms with E-state index in [4.69, 9.17) is 4.74 Å². The van der Waals surface area contributed by atoms with Crippen LogP contribution in [-0.2, 0) is 20.0 Å². The second-order valence-corrected chi connectivity index (χ2v) is 8.80. The maximum absolute atomic E-state index is 13.4. The Hall–Kier alpha value is -1.75. The zero-order chi connectivity index (χ0) is 22.1. The van der Waals surface area contributed by atoms with Crippen molar-refractivity contribution >= 4 is 33.6 Å². The molecule has 0 aromatic heterocycles. The molecule has 3 unspecified atom stereocenters. The average Bonchev–Trinajstić information content (AvgIpc) is 3.45. The van der Waals surface area contributed by atoms with Crippen molar-refractivity contribution in [3.63, 3.8) is 0 Å². The minimum absolute atomic E-state index is 0.0600. The summed E-state index contributed by atoms with van der Waals surface area (Å²) < 4.78 is 34.7. The molecular weight excluding hydrogens is 426 g/mol. The molecule has 0 heterocycles. The predicted molar refractivity (Wildman–Crippen MR) is 117 cm³/mol. The molecule has 1 aromatic carbocycles. The van der Waals surface area contributed by atoms with Crippen LogP contribution in [0.4, 0.5) is 4.79 Å². The molecule has 1 aliphatic carbocycles. The summed E-state index contributed by atoms with van der Waals surface area (Å²) in [5, 5.41) is -0.475. The molecule has 1 aliphatic rings. The van der Waals surface area contributed by atoms with Crippen LogP contribution in [0, 0.1) is 0 Å². The number of rotatable bonds is 11. The van der Waals surface area contributed by atoms with Crippen LogP contribution < -0.4 is 4.72 Å². The van der Waals surface area contributed by atoms with Crippen molar-refractivity contribution in [2.24, 2.45) is 4.36 Å². The van der Waals surface area contributed by atoms with Gasteiger partial charge in [-0.25, -0.2) is 0 Å². The molecule has 1 aromatic rings. The van der Waals surface area contributed by atoms with Gasteiger partial charge >= 0.3 is 15.7 Å². The Bertz CT molecular complexity index is 854. The van der Waals surface area contributed by atoms with E-state index in [0.29, 0.717) is 12.8 Å². The lowest BCUT2D eigenvalue weighted by atomic mass is 10.1. The minimum Gasteiger partial charge on any atom is -0.381 e. The zero-order valence-electron chi connectivity index (χ0n) is 17.5. The summed E-state index contributed by atoms with van der Waals surface area (Å²) in [5.74, 6) is -0.941. The fourth-order valence-corrected chi connectivity index (χ4v) is 4.68. The van der Waals surface area contributed by atoms with Gasteiger partial charge < -0.3 is 4.74 Å². The number of ether oxygens (including phenoxy) is 1. The number of methoxy groups -OCH3 is 1. The van der Waals surface area contributed by atoms with Crippen molar-refractivity contribution in [2.45, 2.75) is 56.6 Å². The van der Waals surface area contributed by atoms with Gasteiger partial charge in [-0.3, -0.25) is 19.2 Å². The number of benzene rings is 1. The fraction of sp³-hybridized carbons (Fsp3) is 0.600. The Labute approximate surface area is 183 Å². The van der Waals surface area contributed by atoms with Crippen LogP contribution in [-0.4, -0.2) is 56.8 Å². The summed E-state index contributed by atoms with van der Waals surface area (Å²) in [4.78, 5) is 27.2. The highest BCUT2D eigenvalue weighted by Gasteiger charge is 2.64. The van der Waals surface area contributed by atoms with Crippen molar-refractivity contribution in [3.05, 3.63) is 35.9 Å². The SMILES string of the molecule is CCCC(CCCN(C(=O)SNC)C(=O)C1(N=S(=O)=O)CC1c1ccccc1)OC. The standard InChI is InChI=1S/C20H29N3O5S2/c1-4-9-16(28-3)12-8-13-23(19(25)29-21-2)18(24)20(22-30(26)27)14-17(20)15-10-6-5-7-11-15/h5-7,10-11,16-17,21H,4,8-9,12-14H2,1-3H3. The lowest BCUT2D eigenvalue weighted by Crippen LogP contribution is -2.44. The quantitative estimate of drug-likeness (QED) is 0.510. The topological polar surface area (TPSA) is 105 Å². The van der Waals surface area contributed by atoms with E-state index in [1.165, 1.54) is 0 Å². The Balaban J connectivity index is 2.23. The molecule has 0 bridgehead atoms. The molecule has 8 nitrogen and oxygen atoms in total. The van der Waals surface area contributed by atoms with E-state index >= 15 is 0 Å². The second-order valence-electron chi connectivity index (χ2n) is 7.22. The van der Waals surface area contributed by atoms with E-state index in [2.05, 4.69) is 16.0 Å². The largest absolute Gasteiger partial charge is 0.381 e. The minimum atomic E-state index is -2.76. The normalized spacial score (nSPS) is 21.0. The lowest BCUT2D eigenvalue weighted by molar-refractivity contribution is -0.130. The highest BCUT2D eigenvalue weighted by atomic mass is 32.2. The maximum atomic E-state index is 13.4. The monoisotopic (exact) mass is 455 g/mol. The number of hydrogen-bond donors (Lipinski definition) is 1. The molecule has 30 heavy (non-hydrogen) atoms. The molecule has 2 rings (SSSR count). The van der Waals surface area contributed by atoms with Gasteiger partial charge in [0.1, 0.15) is 0 Å². The van der Waals surface area contributed by atoms with Crippen LogP contribution in [0.3, 0.4) is 0 Å². The molecule has 0 radical (unpaired) electrons. The second kappa shape index (κ2) is 11.6. The van der Waals surface area contributed by atoms with Crippen LogP contribution in [0.1, 0.15) is 50.5 Å². The number of nitrogens with one attached hydrogen (secondary N) is 1. The zero-order valence-corrected chi connectivity index (χ0v) is 19.2. The summed E-state index contributed by atoms with van der Waals surface area (Å²) in [7, 11) is 0.473. The predicted octanol–water partition coefficient (Wildman–Crippen LogP) is 3.39. The highest BCUT2D eigenvalue weighted by Crippen LogP contribution is 2.55. The summed E-state index contributed by atoms with van der Waals surface area (Å²) in [6, 6.07) is 9.18. The molecular formula is C20H29N3O5S2. The first kappa shape index (κ1) is 24.5. The van der Waals surface area contributed by atoms with Gasteiger partial charge in [0.05, 0.1) is 6.10 Å². The van der Waals surface area contributed by atoms with E-state index in [1.54, 1.807) is 14.2 Å². The number of amides is 2. The Morgan fingerprint density at radius 2 is 2.03 bits per heavy atom. The van der Waals surface area contributed by atoms with Crippen LogP contribution in [0.25, 0.3) is 0 Å². The molecule has 0 saturated heterocycles. The maximum Gasteiger partial charge on any atom is 0.312 e. The third-order valence-corrected chi connectivity index (χ3v) is 6.32. The first-order chi connectivity index (χ1) is 14.4. The summed E-state index contributed by atoms with van der Waals surface area (Å²) in [5.41, 5.74) is -0.627. The van der Waals surface area contributed by atoms with Crippen LogP contribution in [0.5, 0.6) is 0 Å². The van der Waals surface area contributed by atoms with Gasteiger partial charge in [0, 0.05) is 31.5 Å². The molecule has 10 heteroatoms. The number of imide groups is 1. The third-order valence-electron chi connectivity index (χ3n) is 5.25. The van der Waals surface area contributed by atoms with E-state index in [9.17, 15) is 18.0 Å². The van der Waals surface area contributed by atoms with Crippen molar-refractivity contribution in [1.29, 1.82) is 0 Å². The molecule has 3 atom stereocenters. The van der Waals surface area contributed by atoms with Crippen molar-refractivity contribution < 1.29 is 22.7 Å². The summed E-state index contributed by atoms with van der Waals surface area (Å²) >= 11 is 0.792. The van der Waals surface area contributed by atoms with E-state index in [1.807, 2.05) is 30.3 Å². The number of nitrogens with zero attached hydrogens (tertiary/aromatic N) is 2. The Morgan fingerprint density at radius 3 is 2.60 bits per heavy atom. The fourth-order valence-electron chi connectivity index (χ4n) is 3.67. The molecule has 166 valence electrons. The van der Waals surface area contributed by atoms with Crippen LogP contribution in [0.15, 0.2) is 34.7 Å². The third kappa shape index (κ3) is 6.13. The first-order valence-electron chi connectivity index (χ1n) is 9.99. The van der Waals surface area contributed by atoms with Gasteiger partial charge in [-0.2, -0.15) is 12.8 Å². The van der Waals surface area contributed by atoms with Gasteiger partial charge in [-0.15, -0.1) is 0 Å². The Morgan fingerprint density at radius 1 is 1.33 bits per heavy atom. The lowest BCUT2D eigenvalue weighted by Gasteiger charge is -2.24. The summed E-state index contributed by atoms with van der Waals surface area (Å²) in [6.45, 7) is 2.25. The van der Waals surface area contributed by atoms with E-state index < -0.39 is 27.2 Å². The molecule has 0 spiro atoms. The number of carbonyl (C=O) groups excluding carboxylic acids is 2. The van der Waals surface area contributed by atoms with Crippen molar-refractivity contribution in [1.82, 2.24) is 9.62 Å². The molecule has 2 amide bonds. The highest BCUT2D eigenvalue weighted by molar-refractivity contribution is 8.11. The first-order valence-corrected chi connectivity index (χ1v) is 11.8. The van der Waals surface area contributed by atoms with E-state index in [0.717, 1.165) is 35.3 Å². The van der Waals surface area contributed by atoms with Crippen LogP contribution >= 0.6 is 11.9 Å². The van der Waals surface area contributed by atoms with Crippen molar-refractivity contribution in [2.75, 3.05) is 20.7 Å². The van der Waals surface area contributed by atoms with E-state index in [-0.39, 0.29) is 25.0 Å². The van der Waals surface area contributed by atoms with Gasteiger partial charge in [0.15, 0.2) is 5.54 Å². The number of hydrogen-bond acceptors (Lipinski definition) is 8. The van der Waals surface area contributed by atoms with Gasteiger partial charge in [-0.05, 0) is 38.3 Å². The van der Waals surface area contributed by atoms with Crippen LogP contribution in [0.2, 0.25) is 0 Å². The molecule has 1 N–H and O–H groups in total. The van der Waals surface area contributed by atoms with Gasteiger partial charge in [-0.1, -0.05) is 43.7 Å². The number of carbonyl (C=O) groups is 2. The van der Waals surface area contributed by atoms with Gasteiger partial charge in [0.25, 0.3) is 5.91 Å². The molecule has 1 fully saturated rings. The smallest absolute Gasteiger partial charge is 0.312 e. The average molecular weight is 456 g/mol. The summed E-state index contributed by atoms with van der Waals surface area (Å²) in [6.07, 6.45) is 3.46. The molecule has 1 saturated carbocycles. The van der Waals surface area contributed by atoms with Gasteiger partial charge in [0.2, 0.25) is 0 Å².